The maximum absolute atomic E-state index is 10.4. The summed E-state index contributed by atoms with van der Waals surface area (Å²) in [6.45, 7) is 0. The van der Waals surface area contributed by atoms with Gasteiger partial charge in [0.05, 0.1) is 0 Å². The van der Waals surface area contributed by atoms with E-state index < -0.39 is 11.9 Å². The van der Waals surface area contributed by atoms with Crippen LogP contribution in [0.15, 0.2) is 18.3 Å². The van der Waals surface area contributed by atoms with Crippen molar-refractivity contribution in [2.75, 3.05) is 0 Å². The largest absolute Gasteiger partial charge is 0.477 e. The van der Waals surface area contributed by atoms with Gasteiger partial charge in [-0.3, -0.25) is 0 Å². The average Bonchev–Trinajstić information content (AvgIpc) is 2.04. The van der Waals surface area contributed by atoms with Gasteiger partial charge in [0.1, 0.15) is 5.56 Å². The quantitative estimate of drug-likeness (QED) is 0.645. The van der Waals surface area contributed by atoms with Gasteiger partial charge in [0.2, 0.25) is 0 Å². The molecule has 0 saturated heterocycles. The molecule has 0 saturated carbocycles. The van der Waals surface area contributed by atoms with Crippen LogP contribution < -0.4 is 4.98 Å². The zero-order chi connectivity index (χ0) is 9.14. The Morgan fingerprint density at radius 3 is 2.33 bits per heavy atom. The Morgan fingerprint density at radius 1 is 1.25 bits per heavy atom. The van der Waals surface area contributed by atoms with Gasteiger partial charge in [-0.15, -0.1) is 0 Å². The molecule has 5 nitrogen and oxygen atoms in total. The van der Waals surface area contributed by atoms with Gasteiger partial charge in [0, 0.05) is 6.07 Å². The standard InChI is InChI=1S/C7H5NO4/c9-6(10)4-2-1-3-8-5(4)7(11)12/h1-3H,(H,9,10)(H,11,12)/p+1. The third kappa shape index (κ3) is 1.39. The number of hydrogen-bond acceptors (Lipinski definition) is 2. The number of aromatic amines is 1. The first-order valence-electron chi connectivity index (χ1n) is 3.10. The van der Waals surface area contributed by atoms with E-state index in [0.29, 0.717) is 0 Å². The van der Waals surface area contributed by atoms with E-state index in [4.69, 9.17) is 10.2 Å². The molecule has 1 rings (SSSR count). The number of rotatable bonds is 2. The number of pyridine rings is 1. The molecule has 0 spiro atoms. The first kappa shape index (κ1) is 8.19. The zero-order valence-electron chi connectivity index (χ0n) is 5.94. The van der Waals surface area contributed by atoms with Crippen molar-refractivity contribution in [3.05, 3.63) is 29.6 Å². The van der Waals surface area contributed by atoms with Crippen LogP contribution in [-0.2, 0) is 0 Å². The minimum Gasteiger partial charge on any atom is -0.477 e. The van der Waals surface area contributed by atoms with Crippen molar-refractivity contribution in [1.29, 1.82) is 0 Å². The van der Waals surface area contributed by atoms with E-state index in [1.807, 2.05) is 0 Å². The van der Waals surface area contributed by atoms with E-state index in [0.717, 1.165) is 0 Å². The highest BCUT2D eigenvalue weighted by Crippen LogP contribution is 2.01. The van der Waals surface area contributed by atoms with Crippen molar-refractivity contribution >= 4 is 11.9 Å². The van der Waals surface area contributed by atoms with E-state index in [2.05, 4.69) is 4.98 Å². The lowest BCUT2D eigenvalue weighted by atomic mass is 10.2. The molecule has 0 bridgehead atoms. The van der Waals surface area contributed by atoms with Gasteiger partial charge in [0.15, 0.2) is 6.20 Å². The third-order valence-electron chi connectivity index (χ3n) is 1.30. The number of aromatic carboxylic acids is 2. The number of carboxylic acid groups (broad SMARTS) is 2. The van der Waals surface area contributed by atoms with Crippen molar-refractivity contribution < 1.29 is 24.8 Å². The van der Waals surface area contributed by atoms with Crippen LogP contribution in [0.3, 0.4) is 0 Å². The fourth-order valence-corrected chi connectivity index (χ4v) is 0.792. The Balaban J connectivity index is 3.27. The van der Waals surface area contributed by atoms with Crippen molar-refractivity contribution in [3.8, 4) is 0 Å². The number of hydrogen-bond donors (Lipinski definition) is 2. The monoisotopic (exact) mass is 168 g/mol. The van der Waals surface area contributed by atoms with E-state index in [1.54, 1.807) is 0 Å². The van der Waals surface area contributed by atoms with Gasteiger partial charge in [-0.2, -0.15) is 0 Å². The lowest BCUT2D eigenvalue weighted by Gasteiger charge is -1.91. The molecule has 0 radical (unpaired) electrons. The van der Waals surface area contributed by atoms with Crippen LogP contribution in [0.5, 0.6) is 0 Å². The number of carboxylic acids is 2. The topological polar surface area (TPSA) is 88.7 Å². The fourth-order valence-electron chi connectivity index (χ4n) is 0.792. The Bertz CT molecular complexity index is 301. The van der Waals surface area contributed by atoms with Gasteiger partial charge >= 0.3 is 17.6 Å². The molecule has 3 N–H and O–H groups in total. The number of carbonyl (C=O) groups is 2. The molecule has 0 unspecified atom stereocenters. The highest BCUT2D eigenvalue weighted by Gasteiger charge is 2.21. The molecule has 62 valence electrons. The maximum atomic E-state index is 10.4. The Hall–Kier alpha value is -1.91. The summed E-state index contributed by atoms with van der Waals surface area (Å²) in [4.78, 5) is 23.2. The molecule has 0 atom stereocenters. The summed E-state index contributed by atoms with van der Waals surface area (Å²) < 4.78 is 0. The van der Waals surface area contributed by atoms with Crippen molar-refractivity contribution in [2.45, 2.75) is 0 Å². The lowest BCUT2D eigenvalue weighted by molar-refractivity contribution is -0.383. The molecule has 5 heteroatoms. The summed E-state index contributed by atoms with van der Waals surface area (Å²) in [7, 11) is 0. The lowest BCUT2D eigenvalue weighted by Crippen LogP contribution is -2.21. The highest BCUT2D eigenvalue weighted by molar-refractivity contribution is 5.98. The number of aromatic nitrogens is 1. The molecule has 0 fully saturated rings. The molecule has 1 aromatic rings. The molecule has 0 aromatic carbocycles. The molecule has 0 aliphatic heterocycles. The summed E-state index contributed by atoms with van der Waals surface area (Å²) in [5.41, 5.74) is -0.560. The van der Waals surface area contributed by atoms with Gasteiger partial charge in [-0.25, -0.2) is 14.6 Å². The summed E-state index contributed by atoms with van der Waals surface area (Å²) in [6, 6.07) is 2.65. The number of nitrogens with one attached hydrogen (secondary N) is 1. The Kier molecular flexibility index (Phi) is 2.05. The van der Waals surface area contributed by atoms with Gasteiger partial charge < -0.3 is 10.2 Å². The Labute approximate surface area is 67.3 Å². The van der Waals surface area contributed by atoms with Crippen LogP contribution in [0.2, 0.25) is 0 Å². The van der Waals surface area contributed by atoms with E-state index in [1.165, 1.54) is 18.3 Å². The number of H-pyrrole nitrogens is 1. The first-order chi connectivity index (χ1) is 5.63. The van der Waals surface area contributed by atoms with Gasteiger partial charge in [0.25, 0.3) is 0 Å². The SMILES string of the molecule is O=C(O)c1ccc[nH+]c1C(=O)O. The van der Waals surface area contributed by atoms with Gasteiger partial charge in [-0.05, 0) is 6.07 Å². The molecular formula is C7H6NO4+. The van der Waals surface area contributed by atoms with Crippen molar-refractivity contribution in [3.63, 3.8) is 0 Å². The van der Waals surface area contributed by atoms with Crippen molar-refractivity contribution in [2.24, 2.45) is 0 Å². The zero-order valence-corrected chi connectivity index (χ0v) is 5.94. The molecule has 0 aliphatic rings. The van der Waals surface area contributed by atoms with Crippen LogP contribution in [0.4, 0.5) is 0 Å². The molecule has 1 heterocycles. The minimum atomic E-state index is -1.28. The molecule has 0 amide bonds. The van der Waals surface area contributed by atoms with Gasteiger partial charge in [-0.1, -0.05) is 0 Å². The van der Waals surface area contributed by atoms with Crippen LogP contribution in [0.25, 0.3) is 0 Å². The van der Waals surface area contributed by atoms with Crippen LogP contribution in [-0.4, -0.2) is 22.2 Å². The molecule has 1 aromatic heterocycles. The van der Waals surface area contributed by atoms with E-state index >= 15 is 0 Å². The third-order valence-corrected chi connectivity index (χ3v) is 1.30. The summed E-state index contributed by atoms with van der Waals surface area (Å²) in [6.07, 6.45) is 1.36. The van der Waals surface area contributed by atoms with Crippen molar-refractivity contribution in [1.82, 2.24) is 0 Å². The van der Waals surface area contributed by atoms with E-state index in [-0.39, 0.29) is 11.3 Å². The van der Waals surface area contributed by atoms with Crippen LogP contribution in [0, 0.1) is 0 Å². The normalized spacial score (nSPS) is 9.33. The maximum Gasteiger partial charge on any atom is 0.402 e. The average molecular weight is 168 g/mol. The second-order valence-electron chi connectivity index (χ2n) is 2.07. The fraction of sp³-hybridized carbons (Fsp3) is 0. The predicted molar refractivity (Wildman–Crippen MR) is 36.9 cm³/mol. The summed E-state index contributed by atoms with van der Waals surface area (Å²) >= 11 is 0. The minimum absolute atomic E-state index is 0.245. The van der Waals surface area contributed by atoms with Crippen LogP contribution in [0.1, 0.15) is 20.8 Å². The smallest absolute Gasteiger partial charge is 0.402 e. The molecule has 12 heavy (non-hydrogen) atoms. The highest BCUT2D eigenvalue weighted by atomic mass is 16.4. The Morgan fingerprint density at radius 2 is 1.92 bits per heavy atom. The summed E-state index contributed by atoms with van der Waals surface area (Å²) in [5.74, 6) is -2.54. The van der Waals surface area contributed by atoms with Crippen LogP contribution >= 0.6 is 0 Å². The second kappa shape index (κ2) is 3.00. The van der Waals surface area contributed by atoms with E-state index in [9.17, 15) is 9.59 Å². The summed E-state index contributed by atoms with van der Waals surface area (Å²) in [5, 5.41) is 17.1. The second-order valence-corrected chi connectivity index (χ2v) is 2.07. The molecule has 0 aliphatic carbocycles. The first-order valence-corrected chi connectivity index (χ1v) is 3.10. The molecular weight excluding hydrogens is 162 g/mol. The predicted octanol–water partition coefficient (Wildman–Crippen LogP) is -0.103.